The first kappa shape index (κ1) is 25.0. The standard InChI is InChI=1S/C28H25F3N4OS/c1-3-21(32-14-17-5-6-19-12-26(28(29,30)31)37-25(19)11-17)23-13-24(34-15-33-23)27(36)35-22-9-7-18-10-16(2)4-8-20(18)22/h3-6,8,10-13,15,22,32H,7,9,14H2,1-2H3,(H,35,36)/b21-3-. The van der Waals surface area contributed by atoms with Crippen LogP contribution in [0.25, 0.3) is 15.8 Å². The third-order valence-corrected chi connectivity index (χ3v) is 7.64. The second kappa shape index (κ2) is 9.97. The summed E-state index contributed by atoms with van der Waals surface area (Å²) in [5.74, 6) is -0.263. The number of amides is 1. The lowest BCUT2D eigenvalue weighted by atomic mass is 10.1. The third-order valence-electron chi connectivity index (χ3n) is 6.49. The number of nitrogens with one attached hydrogen (secondary N) is 2. The van der Waals surface area contributed by atoms with Gasteiger partial charge in [0.05, 0.1) is 17.4 Å². The van der Waals surface area contributed by atoms with Gasteiger partial charge in [0.15, 0.2) is 0 Å². The first-order valence-electron chi connectivity index (χ1n) is 11.9. The fourth-order valence-electron chi connectivity index (χ4n) is 4.62. The third kappa shape index (κ3) is 5.36. The number of carbonyl (C=O) groups excluding carboxylic acids is 1. The number of hydrogen-bond donors (Lipinski definition) is 2. The lowest BCUT2D eigenvalue weighted by Crippen LogP contribution is -2.28. The number of aromatic nitrogens is 2. The molecule has 190 valence electrons. The lowest BCUT2D eigenvalue weighted by molar-refractivity contribution is -0.134. The van der Waals surface area contributed by atoms with Gasteiger partial charge in [0, 0.05) is 11.2 Å². The summed E-state index contributed by atoms with van der Waals surface area (Å²) in [7, 11) is 0. The van der Waals surface area contributed by atoms with Gasteiger partial charge in [0.25, 0.3) is 5.91 Å². The fourth-order valence-corrected chi connectivity index (χ4v) is 5.61. The Balaban J connectivity index is 1.27. The van der Waals surface area contributed by atoms with E-state index in [-0.39, 0.29) is 17.6 Å². The molecule has 2 heterocycles. The van der Waals surface area contributed by atoms with Crippen molar-refractivity contribution in [1.29, 1.82) is 0 Å². The topological polar surface area (TPSA) is 66.9 Å². The second-order valence-electron chi connectivity index (χ2n) is 9.09. The molecule has 5 nitrogen and oxygen atoms in total. The number of alkyl halides is 3. The maximum atomic E-state index is 13.0. The molecule has 2 aromatic heterocycles. The van der Waals surface area contributed by atoms with Gasteiger partial charge in [-0.3, -0.25) is 4.79 Å². The van der Waals surface area contributed by atoms with Crippen LogP contribution in [0, 0.1) is 6.92 Å². The number of benzene rings is 2. The summed E-state index contributed by atoms with van der Waals surface area (Å²) in [5.41, 5.74) is 5.98. The van der Waals surface area contributed by atoms with Crippen LogP contribution in [0.15, 0.2) is 60.9 Å². The van der Waals surface area contributed by atoms with Crippen molar-refractivity contribution in [3.05, 3.63) is 99.5 Å². The number of carbonyl (C=O) groups is 1. The minimum atomic E-state index is -4.35. The highest BCUT2D eigenvalue weighted by atomic mass is 32.1. The van der Waals surface area contributed by atoms with Gasteiger partial charge in [0.1, 0.15) is 16.9 Å². The summed E-state index contributed by atoms with van der Waals surface area (Å²) in [6.45, 7) is 4.30. The van der Waals surface area contributed by atoms with E-state index in [4.69, 9.17) is 0 Å². The van der Waals surface area contributed by atoms with E-state index < -0.39 is 11.1 Å². The van der Waals surface area contributed by atoms with Crippen LogP contribution in [0.4, 0.5) is 13.2 Å². The van der Waals surface area contributed by atoms with Crippen LogP contribution in [0.3, 0.4) is 0 Å². The van der Waals surface area contributed by atoms with Crippen molar-refractivity contribution in [2.45, 2.75) is 45.5 Å². The number of thiophene rings is 1. The molecule has 1 unspecified atom stereocenters. The largest absolute Gasteiger partial charge is 0.425 e. The Bertz CT molecular complexity index is 1510. The maximum absolute atomic E-state index is 13.0. The van der Waals surface area contributed by atoms with E-state index in [0.717, 1.165) is 35.3 Å². The van der Waals surface area contributed by atoms with Crippen molar-refractivity contribution in [2.24, 2.45) is 0 Å². The zero-order chi connectivity index (χ0) is 26.2. The van der Waals surface area contributed by atoms with Gasteiger partial charge < -0.3 is 10.6 Å². The van der Waals surface area contributed by atoms with E-state index in [9.17, 15) is 18.0 Å². The highest BCUT2D eigenvalue weighted by Gasteiger charge is 2.32. The first-order chi connectivity index (χ1) is 17.7. The van der Waals surface area contributed by atoms with Crippen molar-refractivity contribution in [2.75, 3.05) is 0 Å². The summed E-state index contributed by atoms with van der Waals surface area (Å²) in [6.07, 6.45) is 0.627. The number of rotatable bonds is 6. The molecule has 9 heteroatoms. The van der Waals surface area contributed by atoms with Gasteiger partial charge in [-0.25, -0.2) is 9.97 Å². The van der Waals surface area contributed by atoms with Crippen LogP contribution in [-0.4, -0.2) is 15.9 Å². The first-order valence-corrected chi connectivity index (χ1v) is 12.8. The van der Waals surface area contributed by atoms with E-state index in [1.807, 2.05) is 13.0 Å². The average Bonchev–Trinajstić information content (AvgIpc) is 3.48. The van der Waals surface area contributed by atoms with Crippen molar-refractivity contribution in [3.63, 3.8) is 0 Å². The number of halogens is 3. The molecule has 0 bridgehead atoms. The monoisotopic (exact) mass is 522 g/mol. The second-order valence-corrected chi connectivity index (χ2v) is 10.2. The molecule has 0 saturated carbocycles. The molecule has 0 aliphatic heterocycles. The molecule has 2 aromatic carbocycles. The van der Waals surface area contributed by atoms with Crippen LogP contribution in [0.2, 0.25) is 0 Å². The average molecular weight is 523 g/mol. The number of fused-ring (bicyclic) bond motifs is 2. The van der Waals surface area contributed by atoms with E-state index in [1.165, 1.54) is 23.5 Å². The summed E-state index contributed by atoms with van der Waals surface area (Å²) >= 11 is 0.737. The van der Waals surface area contributed by atoms with Gasteiger partial charge in [0.2, 0.25) is 0 Å². The Labute approximate surface area is 216 Å². The molecule has 4 aromatic rings. The van der Waals surface area contributed by atoms with Crippen LogP contribution in [0.5, 0.6) is 0 Å². The fraction of sp³-hybridized carbons (Fsp3) is 0.250. The molecule has 37 heavy (non-hydrogen) atoms. The van der Waals surface area contributed by atoms with Gasteiger partial charge in [-0.15, -0.1) is 11.3 Å². The summed E-state index contributed by atoms with van der Waals surface area (Å²) in [6, 6.07) is 14.3. The molecule has 1 aliphatic rings. The van der Waals surface area contributed by atoms with Crippen molar-refractivity contribution in [3.8, 4) is 0 Å². The molecule has 0 radical (unpaired) electrons. The van der Waals surface area contributed by atoms with E-state index >= 15 is 0 Å². The molecule has 1 amide bonds. The highest BCUT2D eigenvalue weighted by Crippen LogP contribution is 2.38. The smallest absolute Gasteiger partial charge is 0.379 e. The Morgan fingerprint density at radius 3 is 2.70 bits per heavy atom. The molecule has 0 saturated heterocycles. The number of allylic oxidation sites excluding steroid dienone is 1. The predicted octanol–water partition coefficient (Wildman–Crippen LogP) is 6.59. The highest BCUT2D eigenvalue weighted by molar-refractivity contribution is 7.19. The molecule has 0 spiro atoms. The van der Waals surface area contributed by atoms with Crippen molar-refractivity contribution in [1.82, 2.24) is 20.6 Å². The van der Waals surface area contributed by atoms with Crippen LogP contribution in [-0.2, 0) is 19.1 Å². The van der Waals surface area contributed by atoms with E-state index in [0.29, 0.717) is 28.0 Å². The Kier molecular flexibility index (Phi) is 6.72. The summed E-state index contributed by atoms with van der Waals surface area (Å²) in [4.78, 5) is 20.9. The van der Waals surface area contributed by atoms with Gasteiger partial charge in [-0.05, 0) is 67.0 Å². The molecule has 1 aliphatic carbocycles. The normalized spacial score (nSPS) is 15.6. The quantitative estimate of drug-likeness (QED) is 0.300. The van der Waals surface area contributed by atoms with Crippen molar-refractivity contribution >= 4 is 33.0 Å². The van der Waals surface area contributed by atoms with Gasteiger partial charge in [-0.1, -0.05) is 42.0 Å². The van der Waals surface area contributed by atoms with Crippen LogP contribution >= 0.6 is 11.3 Å². The van der Waals surface area contributed by atoms with Crippen LogP contribution in [0.1, 0.15) is 62.7 Å². The van der Waals surface area contributed by atoms with E-state index in [1.54, 1.807) is 24.3 Å². The Morgan fingerprint density at radius 2 is 1.92 bits per heavy atom. The number of aryl methyl sites for hydroxylation is 2. The van der Waals surface area contributed by atoms with Crippen molar-refractivity contribution < 1.29 is 18.0 Å². The lowest BCUT2D eigenvalue weighted by Gasteiger charge is -2.15. The summed E-state index contributed by atoms with van der Waals surface area (Å²) in [5, 5.41) is 6.95. The van der Waals surface area contributed by atoms with Gasteiger partial charge in [-0.2, -0.15) is 13.2 Å². The number of hydrogen-bond acceptors (Lipinski definition) is 5. The molecular weight excluding hydrogens is 497 g/mol. The summed E-state index contributed by atoms with van der Waals surface area (Å²) < 4.78 is 39.7. The molecule has 2 N–H and O–H groups in total. The SMILES string of the molecule is C/C=C(\NCc1ccc2cc(C(F)(F)F)sc2c1)c1cc(C(=O)NC2CCc3cc(C)ccc32)ncn1. The Hall–Kier alpha value is -3.72. The number of nitrogens with zero attached hydrogens (tertiary/aromatic N) is 2. The maximum Gasteiger partial charge on any atom is 0.425 e. The Morgan fingerprint density at radius 1 is 1.11 bits per heavy atom. The van der Waals surface area contributed by atoms with E-state index in [2.05, 4.69) is 45.7 Å². The zero-order valence-electron chi connectivity index (χ0n) is 20.3. The minimum absolute atomic E-state index is 0.0501. The molecular formula is C28H25F3N4OS. The molecule has 5 rings (SSSR count). The minimum Gasteiger partial charge on any atom is -0.379 e. The van der Waals surface area contributed by atoms with Crippen LogP contribution < -0.4 is 10.6 Å². The predicted molar refractivity (Wildman–Crippen MR) is 139 cm³/mol. The zero-order valence-corrected chi connectivity index (χ0v) is 21.1. The molecule has 1 atom stereocenters. The van der Waals surface area contributed by atoms with Gasteiger partial charge >= 0.3 is 6.18 Å². The molecule has 0 fully saturated rings.